The molecule has 2 aliphatic rings. The molecule has 1 aliphatic heterocycles. The number of nitrogens with zero attached hydrogens (tertiary/aromatic N) is 4. The molecule has 1 saturated carbocycles. The molecule has 0 spiro atoms. The molecule has 1 saturated heterocycles. The van der Waals surface area contributed by atoms with Gasteiger partial charge in [-0.05, 0) is 32.4 Å². The molecule has 2 fully saturated rings. The highest BCUT2D eigenvalue weighted by atomic mass is 16.6. The standard InChI is InChI=1S/C19H26N4O4/c1-14(16-4-3-5-17(12-16)23(26)27)20(2)13-18(24)21-8-10-22(11-9-21)19(25)15-6-7-15/h3-5,12,14-15H,6-11,13H2,1-2H3. The third-order valence-electron chi connectivity index (χ3n) is 5.48. The third kappa shape index (κ3) is 4.63. The highest BCUT2D eigenvalue weighted by Crippen LogP contribution is 2.31. The van der Waals surface area contributed by atoms with Gasteiger partial charge in [0, 0.05) is 50.3 Å². The number of rotatable bonds is 6. The second-order valence-electron chi connectivity index (χ2n) is 7.42. The molecule has 1 unspecified atom stereocenters. The van der Waals surface area contributed by atoms with Crippen LogP contribution in [0.15, 0.2) is 24.3 Å². The zero-order chi connectivity index (χ0) is 19.6. The fourth-order valence-corrected chi connectivity index (χ4v) is 3.37. The quantitative estimate of drug-likeness (QED) is 0.558. The smallest absolute Gasteiger partial charge is 0.269 e. The lowest BCUT2D eigenvalue weighted by Crippen LogP contribution is -2.52. The number of amides is 2. The molecule has 3 rings (SSSR count). The maximum absolute atomic E-state index is 12.6. The molecule has 0 N–H and O–H groups in total. The average molecular weight is 374 g/mol. The second-order valence-corrected chi connectivity index (χ2v) is 7.42. The number of carbonyl (C=O) groups excluding carboxylic acids is 2. The lowest BCUT2D eigenvalue weighted by atomic mass is 10.1. The van der Waals surface area contributed by atoms with Crippen molar-refractivity contribution < 1.29 is 14.5 Å². The van der Waals surface area contributed by atoms with Gasteiger partial charge in [-0.15, -0.1) is 0 Å². The van der Waals surface area contributed by atoms with Crippen LogP contribution in [0.2, 0.25) is 0 Å². The van der Waals surface area contributed by atoms with Crippen molar-refractivity contribution in [2.24, 2.45) is 5.92 Å². The van der Waals surface area contributed by atoms with Crippen molar-refractivity contribution in [1.82, 2.24) is 14.7 Å². The Bertz CT molecular complexity index is 726. The summed E-state index contributed by atoms with van der Waals surface area (Å²) in [6.45, 7) is 4.50. The van der Waals surface area contributed by atoms with Crippen LogP contribution in [0.4, 0.5) is 5.69 Å². The molecule has 0 radical (unpaired) electrons. The van der Waals surface area contributed by atoms with E-state index >= 15 is 0 Å². The predicted molar refractivity (Wildman–Crippen MR) is 100 cm³/mol. The number of non-ortho nitro benzene ring substituents is 1. The Morgan fingerprint density at radius 3 is 2.44 bits per heavy atom. The minimum atomic E-state index is -0.413. The Balaban J connectivity index is 1.52. The summed E-state index contributed by atoms with van der Waals surface area (Å²) >= 11 is 0. The van der Waals surface area contributed by atoms with Gasteiger partial charge in [0.05, 0.1) is 11.5 Å². The van der Waals surface area contributed by atoms with Crippen LogP contribution in [0.3, 0.4) is 0 Å². The minimum Gasteiger partial charge on any atom is -0.339 e. The normalized spacial score (nSPS) is 18.5. The molecule has 2 amide bonds. The summed E-state index contributed by atoms with van der Waals surface area (Å²) < 4.78 is 0. The Morgan fingerprint density at radius 1 is 1.22 bits per heavy atom. The predicted octanol–water partition coefficient (Wildman–Crippen LogP) is 1.67. The van der Waals surface area contributed by atoms with Crippen molar-refractivity contribution in [1.29, 1.82) is 0 Å². The molecule has 1 aliphatic carbocycles. The fourth-order valence-electron chi connectivity index (χ4n) is 3.37. The molecule has 1 aromatic carbocycles. The van der Waals surface area contributed by atoms with E-state index in [0.717, 1.165) is 18.4 Å². The van der Waals surface area contributed by atoms with Crippen LogP contribution in [0.25, 0.3) is 0 Å². The topological polar surface area (TPSA) is 87.0 Å². The fraction of sp³-hybridized carbons (Fsp3) is 0.579. The maximum atomic E-state index is 12.6. The first-order chi connectivity index (χ1) is 12.9. The summed E-state index contributed by atoms with van der Waals surface area (Å²) in [5, 5.41) is 11.0. The van der Waals surface area contributed by atoms with E-state index in [1.807, 2.05) is 29.8 Å². The lowest BCUT2D eigenvalue weighted by Gasteiger charge is -2.36. The Labute approximate surface area is 158 Å². The van der Waals surface area contributed by atoms with E-state index in [1.54, 1.807) is 17.0 Å². The third-order valence-corrected chi connectivity index (χ3v) is 5.48. The van der Waals surface area contributed by atoms with Crippen LogP contribution in [0, 0.1) is 16.0 Å². The van der Waals surface area contributed by atoms with Gasteiger partial charge in [-0.3, -0.25) is 24.6 Å². The van der Waals surface area contributed by atoms with Crippen molar-refractivity contribution in [3.63, 3.8) is 0 Å². The molecule has 1 heterocycles. The van der Waals surface area contributed by atoms with E-state index in [0.29, 0.717) is 26.2 Å². The lowest BCUT2D eigenvalue weighted by molar-refractivity contribution is -0.384. The summed E-state index contributed by atoms with van der Waals surface area (Å²) in [5.41, 5.74) is 0.856. The maximum Gasteiger partial charge on any atom is 0.269 e. The van der Waals surface area contributed by atoms with E-state index in [2.05, 4.69) is 0 Å². The van der Waals surface area contributed by atoms with Crippen molar-refractivity contribution >= 4 is 17.5 Å². The molecular formula is C19H26N4O4. The zero-order valence-electron chi connectivity index (χ0n) is 15.8. The van der Waals surface area contributed by atoms with Gasteiger partial charge in [0.2, 0.25) is 11.8 Å². The van der Waals surface area contributed by atoms with Crippen LogP contribution in [0.5, 0.6) is 0 Å². The van der Waals surface area contributed by atoms with Gasteiger partial charge in [-0.25, -0.2) is 0 Å². The van der Waals surface area contributed by atoms with Gasteiger partial charge >= 0.3 is 0 Å². The summed E-state index contributed by atoms with van der Waals surface area (Å²) in [5.74, 6) is 0.473. The summed E-state index contributed by atoms with van der Waals surface area (Å²) in [7, 11) is 1.84. The van der Waals surface area contributed by atoms with E-state index < -0.39 is 4.92 Å². The molecule has 8 heteroatoms. The van der Waals surface area contributed by atoms with Crippen molar-refractivity contribution in [3.05, 3.63) is 39.9 Å². The second kappa shape index (κ2) is 8.04. The molecule has 27 heavy (non-hydrogen) atoms. The summed E-state index contributed by atoms with van der Waals surface area (Å²) in [6, 6.07) is 6.39. The number of benzene rings is 1. The van der Waals surface area contributed by atoms with Crippen molar-refractivity contribution in [2.75, 3.05) is 39.8 Å². The summed E-state index contributed by atoms with van der Waals surface area (Å²) in [6.07, 6.45) is 2.00. The van der Waals surface area contributed by atoms with E-state index in [9.17, 15) is 19.7 Å². The van der Waals surface area contributed by atoms with E-state index in [-0.39, 0.29) is 36.0 Å². The van der Waals surface area contributed by atoms with Gasteiger partial charge in [0.25, 0.3) is 5.69 Å². The number of likely N-dealkylation sites (N-methyl/N-ethyl adjacent to an activating group) is 1. The molecule has 0 bridgehead atoms. The number of carbonyl (C=O) groups is 2. The van der Waals surface area contributed by atoms with Crippen molar-refractivity contribution in [3.8, 4) is 0 Å². The number of nitro benzene ring substituents is 1. The average Bonchev–Trinajstić information content (AvgIpc) is 3.52. The molecule has 1 aromatic rings. The van der Waals surface area contributed by atoms with Gasteiger partial charge < -0.3 is 9.80 Å². The molecular weight excluding hydrogens is 348 g/mol. The van der Waals surface area contributed by atoms with E-state index in [1.165, 1.54) is 6.07 Å². The van der Waals surface area contributed by atoms with Gasteiger partial charge in [-0.2, -0.15) is 0 Å². The van der Waals surface area contributed by atoms with Gasteiger partial charge in [-0.1, -0.05) is 12.1 Å². The largest absolute Gasteiger partial charge is 0.339 e. The van der Waals surface area contributed by atoms with E-state index in [4.69, 9.17) is 0 Å². The highest BCUT2D eigenvalue weighted by molar-refractivity contribution is 5.82. The first-order valence-electron chi connectivity index (χ1n) is 9.38. The Morgan fingerprint density at radius 2 is 1.85 bits per heavy atom. The summed E-state index contributed by atoms with van der Waals surface area (Å²) in [4.78, 5) is 40.8. The Hall–Kier alpha value is -2.48. The highest BCUT2D eigenvalue weighted by Gasteiger charge is 2.35. The van der Waals surface area contributed by atoms with Crippen LogP contribution < -0.4 is 0 Å². The van der Waals surface area contributed by atoms with Crippen LogP contribution in [-0.2, 0) is 9.59 Å². The number of piperazine rings is 1. The number of hydrogen-bond acceptors (Lipinski definition) is 5. The Kier molecular flexibility index (Phi) is 5.74. The number of nitro groups is 1. The van der Waals surface area contributed by atoms with Gasteiger partial charge in [0.1, 0.15) is 0 Å². The first-order valence-corrected chi connectivity index (χ1v) is 9.38. The van der Waals surface area contributed by atoms with Crippen LogP contribution in [-0.4, -0.2) is 71.2 Å². The minimum absolute atomic E-state index is 0.0216. The molecule has 146 valence electrons. The van der Waals surface area contributed by atoms with Crippen LogP contribution in [0.1, 0.15) is 31.4 Å². The molecule has 8 nitrogen and oxygen atoms in total. The zero-order valence-corrected chi connectivity index (χ0v) is 15.8. The van der Waals surface area contributed by atoms with Crippen molar-refractivity contribution in [2.45, 2.75) is 25.8 Å². The first kappa shape index (κ1) is 19.3. The molecule has 0 aromatic heterocycles. The monoisotopic (exact) mass is 374 g/mol. The number of hydrogen-bond donors (Lipinski definition) is 0. The SMILES string of the molecule is CC(c1cccc([N+](=O)[O-])c1)N(C)CC(=O)N1CCN(C(=O)C2CC2)CC1. The van der Waals surface area contributed by atoms with Crippen LogP contribution >= 0.6 is 0 Å². The molecule has 1 atom stereocenters. The van der Waals surface area contributed by atoms with Gasteiger partial charge in [0.15, 0.2) is 0 Å².